The van der Waals surface area contributed by atoms with Crippen molar-refractivity contribution < 1.29 is 9.50 Å². The fourth-order valence-electron chi connectivity index (χ4n) is 4.62. The number of anilines is 1. The lowest BCUT2D eigenvalue weighted by Crippen LogP contribution is -2.55. The number of alkyl halides is 1. The van der Waals surface area contributed by atoms with Gasteiger partial charge in [0.2, 0.25) is 0 Å². The third-order valence-corrected chi connectivity index (χ3v) is 6.42. The maximum Gasteiger partial charge on any atom is 0.147 e. The van der Waals surface area contributed by atoms with E-state index in [9.17, 15) is 9.50 Å². The van der Waals surface area contributed by atoms with Gasteiger partial charge in [0.15, 0.2) is 0 Å². The van der Waals surface area contributed by atoms with E-state index in [0.717, 1.165) is 30.5 Å². The molecule has 0 unspecified atom stereocenters. The van der Waals surface area contributed by atoms with Crippen LogP contribution in [0.3, 0.4) is 0 Å². The Labute approximate surface area is 180 Å². The molecule has 2 aliphatic rings. The molecule has 0 saturated carbocycles. The Morgan fingerprint density at radius 2 is 1.94 bits per heavy atom. The predicted molar refractivity (Wildman–Crippen MR) is 117 cm³/mol. The number of nitrogens with zero attached hydrogens (tertiary/aromatic N) is 5. The maximum atomic E-state index is 14.9. The highest BCUT2D eigenvalue weighted by atomic mass is 19.1. The van der Waals surface area contributed by atoms with Crippen LogP contribution in [0.5, 0.6) is 5.75 Å². The van der Waals surface area contributed by atoms with Crippen LogP contribution >= 0.6 is 0 Å². The number of rotatable bonds is 4. The highest BCUT2D eigenvalue weighted by Gasteiger charge is 2.43. The highest BCUT2D eigenvalue weighted by Crippen LogP contribution is 2.34. The van der Waals surface area contributed by atoms with Gasteiger partial charge in [-0.3, -0.25) is 4.98 Å². The molecule has 8 heteroatoms. The molecule has 2 N–H and O–H groups in total. The predicted octanol–water partition coefficient (Wildman–Crippen LogP) is 3.28. The van der Waals surface area contributed by atoms with Crippen molar-refractivity contribution in [3.8, 4) is 28.3 Å². The number of phenolic OH excluding ortho intramolecular Hbond substituents is 1. The first-order valence-electron chi connectivity index (χ1n) is 10.6. The van der Waals surface area contributed by atoms with Gasteiger partial charge in [0.1, 0.15) is 17.7 Å². The van der Waals surface area contributed by atoms with Crippen LogP contribution in [0.25, 0.3) is 22.5 Å². The molecular formula is C23H25FN6O. The number of fused-ring (bicyclic) bond motifs is 2. The summed E-state index contributed by atoms with van der Waals surface area (Å²) < 4.78 is 14.9. The van der Waals surface area contributed by atoms with E-state index in [-0.39, 0.29) is 17.8 Å². The van der Waals surface area contributed by atoms with E-state index in [4.69, 9.17) is 0 Å². The fourth-order valence-corrected chi connectivity index (χ4v) is 4.62. The van der Waals surface area contributed by atoms with Gasteiger partial charge in [-0.25, -0.2) is 9.37 Å². The largest absolute Gasteiger partial charge is 0.507 e. The Kier molecular flexibility index (Phi) is 5.02. The van der Waals surface area contributed by atoms with Gasteiger partial charge in [0, 0.05) is 30.3 Å². The second kappa shape index (κ2) is 7.85. The van der Waals surface area contributed by atoms with Gasteiger partial charge in [-0.2, -0.15) is 10.2 Å². The molecule has 0 aliphatic carbocycles. The van der Waals surface area contributed by atoms with Crippen LogP contribution < -0.4 is 10.2 Å². The number of benzene rings is 1. The van der Waals surface area contributed by atoms with Crippen molar-refractivity contribution in [3.63, 3.8) is 0 Å². The number of halogens is 1. The van der Waals surface area contributed by atoms with Gasteiger partial charge in [-0.1, -0.05) is 6.07 Å². The smallest absolute Gasteiger partial charge is 0.147 e. The van der Waals surface area contributed by atoms with E-state index >= 15 is 0 Å². The minimum absolute atomic E-state index is 0.0629. The number of aromatic nitrogens is 4. The SMILES string of the molecule is Cc1ccc(-c2ccc(-c3cnc(N(C)[C@@H]4C[C@H]5CC[C@H](N5)[C@@H]4F)cn3)c(O)c2)nn1. The van der Waals surface area contributed by atoms with Crippen LogP contribution in [-0.4, -0.2) is 56.6 Å². The van der Waals surface area contributed by atoms with Crippen molar-refractivity contribution >= 4 is 5.82 Å². The quantitative estimate of drug-likeness (QED) is 0.670. The number of aromatic hydroxyl groups is 1. The van der Waals surface area contributed by atoms with Crippen LogP contribution in [0.4, 0.5) is 10.2 Å². The second-order valence-corrected chi connectivity index (χ2v) is 8.46. The molecule has 160 valence electrons. The molecule has 0 amide bonds. The Balaban J connectivity index is 1.35. The summed E-state index contributed by atoms with van der Waals surface area (Å²) in [6.07, 6.45) is 5.03. The molecule has 3 aromatic rings. The average molecular weight is 420 g/mol. The number of nitrogens with one attached hydrogen (secondary N) is 1. The average Bonchev–Trinajstić information content (AvgIpc) is 3.20. The lowest BCUT2D eigenvalue weighted by molar-refractivity contribution is 0.176. The first kappa shape index (κ1) is 19.8. The molecule has 2 saturated heterocycles. The van der Waals surface area contributed by atoms with Crippen LogP contribution in [0.2, 0.25) is 0 Å². The van der Waals surface area contributed by atoms with Crippen molar-refractivity contribution in [1.82, 2.24) is 25.5 Å². The lowest BCUT2D eigenvalue weighted by atomic mass is 9.96. The summed E-state index contributed by atoms with van der Waals surface area (Å²) in [4.78, 5) is 10.9. The molecule has 2 bridgehead atoms. The third kappa shape index (κ3) is 3.72. The molecule has 1 aromatic carbocycles. The van der Waals surface area contributed by atoms with E-state index in [1.54, 1.807) is 24.5 Å². The van der Waals surface area contributed by atoms with Crippen molar-refractivity contribution in [1.29, 1.82) is 0 Å². The first-order chi connectivity index (χ1) is 15.0. The summed E-state index contributed by atoms with van der Waals surface area (Å²) in [5.74, 6) is 0.720. The number of piperidine rings is 1. The zero-order valence-corrected chi connectivity index (χ0v) is 17.5. The summed E-state index contributed by atoms with van der Waals surface area (Å²) in [5, 5.41) is 22.1. The van der Waals surface area contributed by atoms with Crippen LogP contribution in [0, 0.1) is 6.92 Å². The Morgan fingerprint density at radius 1 is 1.06 bits per heavy atom. The summed E-state index contributed by atoms with van der Waals surface area (Å²) in [5.41, 5.74) is 3.42. The first-order valence-corrected chi connectivity index (χ1v) is 10.6. The molecule has 31 heavy (non-hydrogen) atoms. The van der Waals surface area contributed by atoms with E-state index in [1.165, 1.54) is 0 Å². The van der Waals surface area contributed by atoms with E-state index in [1.807, 2.05) is 37.1 Å². The normalized spacial score (nSPS) is 24.9. The van der Waals surface area contributed by atoms with Crippen LogP contribution in [0.15, 0.2) is 42.7 Å². The Bertz CT molecular complexity index is 1070. The van der Waals surface area contributed by atoms with E-state index in [0.29, 0.717) is 28.8 Å². The number of aryl methyl sites for hydroxylation is 1. The molecule has 4 atom stereocenters. The van der Waals surface area contributed by atoms with Gasteiger partial charge in [0.05, 0.1) is 35.5 Å². The molecule has 2 aliphatic heterocycles. The van der Waals surface area contributed by atoms with Gasteiger partial charge < -0.3 is 15.3 Å². The molecule has 2 aromatic heterocycles. The monoisotopic (exact) mass is 420 g/mol. The van der Waals surface area contributed by atoms with Gasteiger partial charge in [-0.05, 0) is 50.5 Å². The molecule has 0 spiro atoms. The van der Waals surface area contributed by atoms with Crippen molar-refractivity contribution in [2.75, 3.05) is 11.9 Å². The summed E-state index contributed by atoms with van der Waals surface area (Å²) in [7, 11) is 1.88. The second-order valence-electron chi connectivity index (χ2n) is 8.46. The minimum atomic E-state index is -0.924. The maximum absolute atomic E-state index is 14.9. The molecule has 4 heterocycles. The fraction of sp³-hybridized carbons (Fsp3) is 0.391. The van der Waals surface area contributed by atoms with Gasteiger partial charge in [0.25, 0.3) is 0 Å². The van der Waals surface area contributed by atoms with Crippen LogP contribution in [-0.2, 0) is 0 Å². The van der Waals surface area contributed by atoms with Crippen molar-refractivity contribution in [3.05, 3.63) is 48.4 Å². The molecular weight excluding hydrogens is 395 g/mol. The minimum Gasteiger partial charge on any atom is -0.507 e. The standard InChI is InChI=1S/C23H25FN6O/c1-13-3-7-17(29-28-13)14-4-6-16(21(31)9-14)19-11-26-22(12-25-19)30(2)20-10-15-5-8-18(27-15)23(20)24/h3-4,6-7,9,11-12,15,18,20,23,27,31H,5,8,10H2,1-2H3/t15-,18+,20-,23+/m1/s1. The topological polar surface area (TPSA) is 87.1 Å². The molecule has 7 nitrogen and oxygen atoms in total. The zero-order valence-electron chi connectivity index (χ0n) is 17.5. The number of hydrogen-bond acceptors (Lipinski definition) is 7. The van der Waals surface area contributed by atoms with Crippen molar-refractivity contribution in [2.24, 2.45) is 0 Å². The van der Waals surface area contributed by atoms with Gasteiger partial charge >= 0.3 is 0 Å². The molecule has 0 radical (unpaired) electrons. The number of phenols is 1. The Hall–Kier alpha value is -3.13. The van der Waals surface area contributed by atoms with Crippen molar-refractivity contribution in [2.45, 2.75) is 50.5 Å². The van der Waals surface area contributed by atoms with E-state index in [2.05, 4.69) is 25.5 Å². The molecule has 2 fully saturated rings. The zero-order chi connectivity index (χ0) is 21.5. The van der Waals surface area contributed by atoms with E-state index < -0.39 is 6.17 Å². The van der Waals surface area contributed by atoms with Crippen LogP contribution in [0.1, 0.15) is 25.0 Å². The number of hydrogen-bond donors (Lipinski definition) is 2. The summed E-state index contributed by atoms with van der Waals surface area (Å²) in [6, 6.07) is 9.17. The highest BCUT2D eigenvalue weighted by molar-refractivity contribution is 5.72. The summed E-state index contributed by atoms with van der Waals surface area (Å²) >= 11 is 0. The third-order valence-electron chi connectivity index (χ3n) is 6.42. The van der Waals surface area contributed by atoms with Gasteiger partial charge in [-0.15, -0.1) is 0 Å². The Morgan fingerprint density at radius 3 is 2.65 bits per heavy atom. The lowest BCUT2D eigenvalue weighted by Gasteiger charge is -2.38. The molecule has 5 rings (SSSR count). The summed E-state index contributed by atoms with van der Waals surface area (Å²) in [6.45, 7) is 1.88.